The first-order valence-electron chi connectivity index (χ1n) is 6.35. The van der Waals surface area contributed by atoms with Crippen LogP contribution < -0.4 is 4.90 Å². The molecule has 0 fully saturated rings. The van der Waals surface area contributed by atoms with Gasteiger partial charge in [-0.25, -0.2) is 9.97 Å². The number of para-hydroxylation sites is 1. The highest BCUT2D eigenvalue weighted by atomic mass is 35.5. The van der Waals surface area contributed by atoms with Gasteiger partial charge in [-0.1, -0.05) is 18.2 Å². The molecule has 3 aromatic rings. The molecule has 0 saturated carbocycles. The number of fused-ring (bicyclic) bond motifs is 1. The van der Waals surface area contributed by atoms with E-state index < -0.39 is 4.92 Å². The van der Waals surface area contributed by atoms with Crippen molar-refractivity contribution >= 4 is 40.5 Å². The van der Waals surface area contributed by atoms with Gasteiger partial charge in [-0.3, -0.25) is 10.1 Å². The van der Waals surface area contributed by atoms with Crippen molar-refractivity contribution in [3.63, 3.8) is 0 Å². The number of nitrogens with zero attached hydrogens (tertiary/aromatic N) is 4. The van der Waals surface area contributed by atoms with Crippen molar-refractivity contribution in [2.24, 2.45) is 0 Å². The van der Waals surface area contributed by atoms with E-state index in [0.717, 1.165) is 11.1 Å². The summed E-state index contributed by atoms with van der Waals surface area (Å²) in [5.74, 6) is 0.709. The third kappa shape index (κ3) is 2.82. The second-order valence-corrected chi connectivity index (χ2v) is 4.55. The van der Waals surface area contributed by atoms with Gasteiger partial charge in [-0.05, 0) is 18.2 Å². The maximum atomic E-state index is 10.8. The van der Waals surface area contributed by atoms with Gasteiger partial charge in [-0.15, -0.1) is 12.4 Å². The molecule has 1 heterocycles. The van der Waals surface area contributed by atoms with Gasteiger partial charge < -0.3 is 4.90 Å². The summed E-state index contributed by atoms with van der Waals surface area (Å²) < 4.78 is 0. The van der Waals surface area contributed by atoms with Crippen molar-refractivity contribution in [2.75, 3.05) is 11.9 Å². The molecule has 0 aliphatic heterocycles. The Balaban J connectivity index is 0.00000176. The van der Waals surface area contributed by atoms with E-state index in [0.29, 0.717) is 11.3 Å². The summed E-state index contributed by atoms with van der Waals surface area (Å²) in [7, 11) is 1.90. The minimum absolute atomic E-state index is 0. The predicted molar refractivity (Wildman–Crippen MR) is 87.9 cm³/mol. The number of non-ortho nitro benzene ring substituents is 1. The van der Waals surface area contributed by atoms with Crippen molar-refractivity contribution in [1.82, 2.24) is 9.97 Å². The molecule has 0 atom stereocenters. The third-order valence-electron chi connectivity index (χ3n) is 3.27. The lowest BCUT2D eigenvalue weighted by Gasteiger charge is -2.19. The minimum atomic E-state index is -0.428. The van der Waals surface area contributed by atoms with E-state index in [1.54, 1.807) is 6.07 Å². The van der Waals surface area contributed by atoms with E-state index in [-0.39, 0.29) is 18.1 Å². The van der Waals surface area contributed by atoms with E-state index in [1.165, 1.54) is 18.5 Å². The number of rotatable bonds is 3. The maximum absolute atomic E-state index is 10.8. The number of hydrogen-bond acceptors (Lipinski definition) is 5. The molecule has 0 aliphatic carbocycles. The molecule has 0 unspecified atom stereocenters. The molecule has 6 nitrogen and oxygen atoms in total. The van der Waals surface area contributed by atoms with Crippen LogP contribution >= 0.6 is 12.4 Å². The molecule has 112 valence electrons. The standard InChI is InChI=1S/C15H12N4O2.ClH/c1-18(11-5-3-2-4-6-11)15-13-8-7-12(19(20)21)9-14(13)16-10-17-15;/h2-10H,1H3;1H. The lowest BCUT2D eigenvalue weighted by Crippen LogP contribution is -2.11. The first kappa shape index (κ1) is 15.7. The summed E-state index contributed by atoms with van der Waals surface area (Å²) in [5.41, 5.74) is 1.56. The van der Waals surface area contributed by atoms with Crippen LogP contribution in [0.3, 0.4) is 0 Å². The molecular formula is C15H13ClN4O2. The average Bonchev–Trinajstić information content (AvgIpc) is 2.54. The third-order valence-corrected chi connectivity index (χ3v) is 3.27. The summed E-state index contributed by atoms with van der Waals surface area (Å²) in [6.07, 6.45) is 1.42. The molecule has 0 spiro atoms. The van der Waals surface area contributed by atoms with Crippen LogP contribution in [0.5, 0.6) is 0 Å². The predicted octanol–water partition coefficient (Wildman–Crippen LogP) is 3.73. The highest BCUT2D eigenvalue weighted by molar-refractivity contribution is 5.92. The zero-order valence-electron chi connectivity index (χ0n) is 11.7. The largest absolute Gasteiger partial charge is 0.329 e. The summed E-state index contributed by atoms with van der Waals surface area (Å²) in [6.45, 7) is 0. The molecule has 22 heavy (non-hydrogen) atoms. The monoisotopic (exact) mass is 316 g/mol. The second-order valence-electron chi connectivity index (χ2n) is 4.55. The molecule has 1 aromatic heterocycles. The molecule has 0 bridgehead atoms. The number of anilines is 2. The van der Waals surface area contributed by atoms with Crippen LogP contribution in [-0.4, -0.2) is 21.9 Å². The van der Waals surface area contributed by atoms with Crippen molar-refractivity contribution in [3.05, 3.63) is 65.0 Å². The van der Waals surface area contributed by atoms with Crippen LogP contribution in [0, 0.1) is 10.1 Å². The van der Waals surface area contributed by atoms with Crippen LogP contribution in [0.2, 0.25) is 0 Å². The average molecular weight is 317 g/mol. The Kier molecular flexibility index (Phi) is 4.53. The topological polar surface area (TPSA) is 72.2 Å². The lowest BCUT2D eigenvalue weighted by atomic mass is 10.2. The molecule has 2 aromatic carbocycles. The molecule has 0 aliphatic rings. The Morgan fingerprint density at radius 1 is 1.09 bits per heavy atom. The Bertz CT molecular complexity index is 811. The zero-order chi connectivity index (χ0) is 14.8. The van der Waals surface area contributed by atoms with E-state index in [1.807, 2.05) is 42.3 Å². The molecule has 7 heteroatoms. The first-order chi connectivity index (χ1) is 10.2. The highest BCUT2D eigenvalue weighted by Crippen LogP contribution is 2.29. The lowest BCUT2D eigenvalue weighted by molar-refractivity contribution is -0.384. The van der Waals surface area contributed by atoms with E-state index in [2.05, 4.69) is 9.97 Å². The number of benzene rings is 2. The van der Waals surface area contributed by atoms with Gasteiger partial charge in [-0.2, -0.15) is 0 Å². The number of aromatic nitrogens is 2. The van der Waals surface area contributed by atoms with Crippen molar-refractivity contribution < 1.29 is 4.92 Å². The molecule has 0 N–H and O–H groups in total. The summed E-state index contributed by atoms with van der Waals surface area (Å²) in [4.78, 5) is 20.8. The van der Waals surface area contributed by atoms with Gasteiger partial charge in [0.1, 0.15) is 12.1 Å². The van der Waals surface area contributed by atoms with Crippen molar-refractivity contribution in [2.45, 2.75) is 0 Å². The van der Waals surface area contributed by atoms with E-state index >= 15 is 0 Å². The zero-order valence-corrected chi connectivity index (χ0v) is 12.5. The van der Waals surface area contributed by atoms with Gasteiger partial charge in [0.25, 0.3) is 5.69 Å². The fraction of sp³-hybridized carbons (Fsp3) is 0.0667. The van der Waals surface area contributed by atoms with Gasteiger partial charge in [0, 0.05) is 30.3 Å². The number of nitro benzene ring substituents is 1. The summed E-state index contributed by atoms with van der Waals surface area (Å²) in [6, 6.07) is 14.4. The van der Waals surface area contributed by atoms with Crippen LogP contribution in [0.15, 0.2) is 54.9 Å². The van der Waals surface area contributed by atoms with Gasteiger partial charge >= 0.3 is 0 Å². The van der Waals surface area contributed by atoms with Gasteiger partial charge in [0.05, 0.1) is 10.4 Å². The van der Waals surface area contributed by atoms with Crippen LogP contribution in [0.25, 0.3) is 10.9 Å². The molecule has 0 saturated heterocycles. The Hall–Kier alpha value is -2.73. The normalized spacial score (nSPS) is 10.0. The first-order valence-corrected chi connectivity index (χ1v) is 6.35. The van der Waals surface area contributed by atoms with Gasteiger partial charge in [0.2, 0.25) is 0 Å². The Morgan fingerprint density at radius 3 is 2.50 bits per heavy atom. The van der Waals surface area contributed by atoms with E-state index in [9.17, 15) is 10.1 Å². The number of halogens is 1. The van der Waals surface area contributed by atoms with E-state index in [4.69, 9.17) is 0 Å². The smallest absolute Gasteiger partial charge is 0.271 e. The second kappa shape index (κ2) is 6.36. The fourth-order valence-corrected chi connectivity index (χ4v) is 2.19. The van der Waals surface area contributed by atoms with Crippen LogP contribution in [0.1, 0.15) is 0 Å². The number of nitro groups is 1. The Morgan fingerprint density at radius 2 is 1.82 bits per heavy atom. The molecule has 0 amide bonds. The number of hydrogen-bond donors (Lipinski definition) is 0. The quantitative estimate of drug-likeness (QED) is 0.544. The van der Waals surface area contributed by atoms with Crippen LogP contribution in [-0.2, 0) is 0 Å². The highest BCUT2D eigenvalue weighted by Gasteiger charge is 2.13. The van der Waals surface area contributed by atoms with Crippen molar-refractivity contribution in [1.29, 1.82) is 0 Å². The van der Waals surface area contributed by atoms with Gasteiger partial charge in [0.15, 0.2) is 0 Å². The summed E-state index contributed by atoms with van der Waals surface area (Å²) >= 11 is 0. The maximum Gasteiger partial charge on any atom is 0.271 e. The molecule has 0 radical (unpaired) electrons. The minimum Gasteiger partial charge on any atom is -0.329 e. The SMILES string of the molecule is CN(c1ccccc1)c1ncnc2cc([N+](=O)[O-])ccc12.Cl. The Labute approximate surface area is 133 Å². The summed E-state index contributed by atoms with van der Waals surface area (Å²) in [5, 5.41) is 11.6. The molecule has 3 rings (SSSR count). The van der Waals surface area contributed by atoms with Crippen LogP contribution in [0.4, 0.5) is 17.2 Å². The fourth-order valence-electron chi connectivity index (χ4n) is 2.19. The molecular weight excluding hydrogens is 304 g/mol. The van der Waals surface area contributed by atoms with Crippen molar-refractivity contribution in [3.8, 4) is 0 Å².